The molecule has 0 bridgehead atoms. The summed E-state index contributed by atoms with van der Waals surface area (Å²) < 4.78 is 5.61. The van der Waals surface area contributed by atoms with Gasteiger partial charge in [0.2, 0.25) is 5.91 Å². The van der Waals surface area contributed by atoms with E-state index in [2.05, 4.69) is 15.9 Å². The average molecular weight is 568 g/mol. The zero-order valence-electron chi connectivity index (χ0n) is 19.8. The molecule has 3 atom stereocenters. The number of hydroxylamine groups is 1. The highest BCUT2D eigenvalue weighted by atomic mass is 79.9. The third kappa shape index (κ3) is 4.09. The Kier molecular flexibility index (Phi) is 6.34. The number of carbonyl (C=O) groups is 2. The van der Waals surface area contributed by atoms with Crippen LogP contribution < -0.4 is 14.7 Å². The van der Waals surface area contributed by atoms with Crippen molar-refractivity contribution in [3.05, 3.63) is 86.4 Å². The largest absolute Gasteiger partial charge is 0.503 e. The van der Waals surface area contributed by atoms with Crippen LogP contribution in [0, 0.1) is 16.0 Å². The first kappa shape index (κ1) is 24.7. The van der Waals surface area contributed by atoms with Gasteiger partial charge in [-0.25, -0.2) is 9.96 Å². The smallest absolute Gasteiger partial charge is 0.271 e. The van der Waals surface area contributed by atoms with Gasteiger partial charge in [0.05, 0.1) is 33.9 Å². The van der Waals surface area contributed by atoms with E-state index in [1.807, 2.05) is 19.1 Å². The molecule has 0 spiro atoms. The summed E-state index contributed by atoms with van der Waals surface area (Å²) in [5.74, 6) is -1.92. The SMILES string of the molecule is CCc1ccc(N2C(=O)[C@@H]3[C@@H](c4cc(Br)c(O)c(OC)c4)N(c4cccc([N+](=O)[O-])c4)O[C@H]3C2=O)cc1. The first-order valence-corrected chi connectivity index (χ1v) is 12.3. The molecule has 2 saturated heterocycles. The Morgan fingerprint density at radius 3 is 2.46 bits per heavy atom. The van der Waals surface area contributed by atoms with Crippen molar-refractivity contribution in [2.45, 2.75) is 25.5 Å². The van der Waals surface area contributed by atoms with Crippen LogP contribution in [0.4, 0.5) is 17.1 Å². The molecule has 0 aliphatic carbocycles. The van der Waals surface area contributed by atoms with Crippen LogP contribution in [0.2, 0.25) is 0 Å². The van der Waals surface area contributed by atoms with E-state index < -0.39 is 34.8 Å². The molecule has 2 heterocycles. The van der Waals surface area contributed by atoms with Gasteiger partial charge in [-0.1, -0.05) is 25.1 Å². The van der Waals surface area contributed by atoms with E-state index in [0.717, 1.165) is 16.9 Å². The summed E-state index contributed by atoms with van der Waals surface area (Å²) in [6.07, 6.45) is -0.338. The van der Waals surface area contributed by atoms with Gasteiger partial charge in [0, 0.05) is 12.1 Å². The topological polar surface area (TPSA) is 122 Å². The molecule has 2 aliphatic rings. The zero-order chi connectivity index (χ0) is 26.4. The summed E-state index contributed by atoms with van der Waals surface area (Å²) in [5, 5.41) is 23.1. The molecule has 2 aliphatic heterocycles. The molecule has 11 heteroatoms. The Bertz CT molecular complexity index is 1410. The number of fused-ring (bicyclic) bond motifs is 1. The number of methoxy groups -OCH3 is 1. The Hall–Kier alpha value is -3.96. The van der Waals surface area contributed by atoms with Crippen molar-refractivity contribution >= 4 is 44.8 Å². The van der Waals surface area contributed by atoms with E-state index in [-0.39, 0.29) is 17.2 Å². The highest BCUT2D eigenvalue weighted by molar-refractivity contribution is 9.10. The van der Waals surface area contributed by atoms with Crippen molar-refractivity contribution in [2.24, 2.45) is 5.92 Å². The van der Waals surface area contributed by atoms with Crippen molar-refractivity contribution in [1.82, 2.24) is 0 Å². The number of hydrogen-bond donors (Lipinski definition) is 1. The summed E-state index contributed by atoms with van der Waals surface area (Å²) >= 11 is 3.31. The molecule has 5 rings (SSSR count). The van der Waals surface area contributed by atoms with Gasteiger partial charge in [-0.15, -0.1) is 0 Å². The molecule has 3 aromatic carbocycles. The van der Waals surface area contributed by atoms with Crippen molar-refractivity contribution in [3.8, 4) is 11.5 Å². The fourth-order valence-electron chi connectivity index (χ4n) is 4.78. The van der Waals surface area contributed by atoms with Gasteiger partial charge < -0.3 is 9.84 Å². The molecule has 2 amide bonds. The second-order valence-electron chi connectivity index (χ2n) is 8.68. The molecular formula is C26H22BrN3O7. The van der Waals surface area contributed by atoms with Crippen LogP contribution in [0.1, 0.15) is 24.1 Å². The van der Waals surface area contributed by atoms with E-state index in [0.29, 0.717) is 21.4 Å². The predicted molar refractivity (Wildman–Crippen MR) is 137 cm³/mol. The maximum atomic E-state index is 13.8. The Labute approximate surface area is 220 Å². The minimum Gasteiger partial charge on any atom is -0.503 e. The first-order chi connectivity index (χ1) is 17.7. The number of non-ortho nitro benzene ring substituents is 1. The second-order valence-corrected chi connectivity index (χ2v) is 9.54. The number of aryl methyl sites for hydroxylation is 1. The van der Waals surface area contributed by atoms with Crippen molar-refractivity contribution in [3.63, 3.8) is 0 Å². The van der Waals surface area contributed by atoms with Crippen molar-refractivity contribution < 1.29 is 29.2 Å². The van der Waals surface area contributed by atoms with Crippen LogP contribution in [-0.2, 0) is 20.8 Å². The van der Waals surface area contributed by atoms with Crippen LogP contribution in [0.25, 0.3) is 0 Å². The number of nitro benzene ring substituents is 1. The molecule has 0 unspecified atom stereocenters. The lowest BCUT2D eigenvalue weighted by Crippen LogP contribution is -2.37. The number of benzene rings is 3. The normalized spacial score (nSPS) is 20.9. The Balaban J connectivity index is 1.62. The van der Waals surface area contributed by atoms with Crippen molar-refractivity contribution in [2.75, 3.05) is 17.1 Å². The predicted octanol–water partition coefficient (Wildman–Crippen LogP) is 4.69. The second kappa shape index (κ2) is 9.49. The number of anilines is 2. The van der Waals surface area contributed by atoms with Crippen molar-refractivity contribution in [1.29, 1.82) is 0 Å². The monoisotopic (exact) mass is 567 g/mol. The molecule has 0 aromatic heterocycles. The Morgan fingerprint density at radius 2 is 1.81 bits per heavy atom. The number of phenols is 1. The molecule has 37 heavy (non-hydrogen) atoms. The lowest BCUT2D eigenvalue weighted by molar-refractivity contribution is -0.384. The average Bonchev–Trinajstić information content (AvgIpc) is 3.41. The zero-order valence-corrected chi connectivity index (χ0v) is 21.4. The number of ether oxygens (including phenoxy) is 1. The summed E-state index contributed by atoms with van der Waals surface area (Å²) in [5.41, 5.74) is 2.14. The first-order valence-electron chi connectivity index (χ1n) is 11.5. The number of phenolic OH excluding ortho intramolecular Hbond substituents is 1. The number of amides is 2. The number of nitro groups is 1. The van der Waals surface area contributed by atoms with E-state index in [1.54, 1.807) is 30.3 Å². The number of halogens is 1. The van der Waals surface area contributed by atoms with E-state index in [4.69, 9.17) is 9.57 Å². The molecule has 1 N–H and O–H groups in total. The third-order valence-corrected chi connectivity index (χ3v) is 7.23. The van der Waals surface area contributed by atoms with Gasteiger partial charge in [-0.05, 0) is 63.8 Å². The molecule has 2 fully saturated rings. The fraction of sp³-hybridized carbons (Fsp3) is 0.231. The summed E-state index contributed by atoms with van der Waals surface area (Å²) in [4.78, 5) is 45.4. The van der Waals surface area contributed by atoms with Gasteiger partial charge in [0.1, 0.15) is 5.92 Å². The van der Waals surface area contributed by atoms with Gasteiger partial charge in [-0.2, -0.15) is 0 Å². The molecule has 3 aromatic rings. The van der Waals surface area contributed by atoms with Crippen LogP contribution in [0.3, 0.4) is 0 Å². The van der Waals surface area contributed by atoms with E-state index >= 15 is 0 Å². The molecule has 190 valence electrons. The quantitative estimate of drug-likeness (QED) is 0.258. The Morgan fingerprint density at radius 1 is 1.08 bits per heavy atom. The lowest BCUT2D eigenvalue weighted by atomic mass is 9.90. The lowest BCUT2D eigenvalue weighted by Gasteiger charge is -2.29. The van der Waals surface area contributed by atoms with Crippen LogP contribution in [0.5, 0.6) is 11.5 Å². The van der Waals surface area contributed by atoms with Gasteiger partial charge in [0.15, 0.2) is 17.6 Å². The van der Waals surface area contributed by atoms with Gasteiger partial charge >= 0.3 is 0 Å². The molecule has 0 saturated carbocycles. The van der Waals surface area contributed by atoms with Crippen LogP contribution in [0.15, 0.2) is 65.1 Å². The van der Waals surface area contributed by atoms with E-state index in [1.165, 1.54) is 30.4 Å². The molecule has 10 nitrogen and oxygen atoms in total. The number of carbonyl (C=O) groups excluding carboxylic acids is 2. The number of rotatable bonds is 6. The number of nitrogens with zero attached hydrogens (tertiary/aromatic N) is 3. The highest BCUT2D eigenvalue weighted by Gasteiger charge is 2.60. The minimum absolute atomic E-state index is 0.130. The van der Waals surface area contributed by atoms with Crippen LogP contribution in [-0.4, -0.2) is 35.1 Å². The number of hydrogen-bond acceptors (Lipinski definition) is 8. The standard InChI is InChI=1S/C26H22BrN3O7/c1-3-14-7-9-16(10-8-14)28-25(32)21-22(15-11-19(27)23(31)20(12-15)36-2)29(37-24(21)26(28)33)17-5-4-6-18(13-17)30(34)35/h4-13,21-22,24,31H,3H2,1-2H3/t21-,22-,24-/m1/s1. The summed E-state index contributed by atoms with van der Waals surface area (Å²) in [6, 6.07) is 15.2. The van der Waals surface area contributed by atoms with E-state index in [9.17, 15) is 24.8 Å². The number of imide groups is 1. The molecular weight excluding hydrogens is 546 g/mol. The fourth-order valence-corrected chi connectivity index (χ4v) is 5.24. The summed E-state index contributed by atoms with van der Waals surface area (Å²) in [6.45, 7) is 2.01. The maximum Gasteiger partial charge on any atom is 0.271 e. The van der Waals surface area contributed by atoms with Crippen LogP contribution >= 0.6 is 15.9 Å². The number of aromatic hydroxyl groups is 1. The molecule has 0 radical (unpaired) electrons. The van der Waals surface area contributed by atoms with Gasteiger partial charge in [0.25, 0.3) is 11.6 Å². The summed E-state index contributed by atoms with van der Waals surface area (Å²) in [7, 11) is 1.39. The highest BCUT2D eigenvalue weighted by Crippen LogP contribution is 2.50. The maximum absolute atomic E-state index is 13.8. The third-order valence-electron chi connectivity index (χ3n) is 6.63. The minimum atomic E-state index is -1.15. The van der Waals surface area contributed by atoms with Gasteiger partial charge in [-0.3, -0.25) is 24.5 Å².